The number of rotatable bonds is 7. The number of hydrogen-bond acceptors (Lipinski definition) is 3. The Balaban J connectivity index is 2.53. The molecule has 0 aromatic heterocycles. The number of guanidine groups is 1. The molecule has 0 radical (unpaired) electrons. The van der Waals surface area contributed by atoms with Gasteiger partial charge >= 0.3 is 0 Å². The molecule has 0 fully saturated rings. The fraction of sp³-hybridized carbons (Fsp3) is 0.632. The van der Waals surface area contributed by atoms with Gasteiger partial charge in [-0.1, -0.05) is 37.6 Å². The molecule has 0 heterocycles. The van der Waals surface area contributed by atoms with Gasteiger partial charge < -0.3 is 10.6 Å². The van der Waals surface area contributed by atoms with Crippen molar-refractivity contribution in [1.29, 1.82) is 0 Å². The minimum Gasteiger partial charge on any atom is -0.356 e. The summed E-state index contributed by atoms with van der Waals surface area (Å²) in [5.74, 6) is 0.677. The molecular weight excluding hydrogens is 370 g/mol. The highest BCUT2D eigenvalue weighted by molar-refractivity contribution is 7.92. The van der Waals surface area contributed by atoms with Gasteiger partial charge in [-0.15, -0.1) is 0 Å². The fourth-order valence-corrected chi connectivity index (χ4v) is 3.61. The first-order chi connectivity index (χ1) is 11.9. The van der Waals surface area contributed by atoms with Gasteiger partial charge in [-0.05, 0) is 50.3 Å². The molecule has 5 nitrogen and oxygen atoms in total. The molecule has 26 heavy (non-hydrogen) atoms. The Kier molecular flexibility index (Phi) is 7.96. The zero-order valence-electron chi connectivity index (χ0n) is 16.7. The first-order valence-electron chi connectivity index (χ1n) is 8.78. The molecule has 0 saturated heterocycles. The van der Waals surface area contributed by atoms with Crippen LogP contribution in [-0.2, 0) is 16.3 Å². The van der Waals surface area contributed by atoms with Crippen LogP contribution >= 0.6 is 11.6 Å². The van der Waals surface area contributed by atoms with E-state index in [2.05, 4.69) is 35.5 Å². The molecular formula is C19H32ClN3O2S. The zero-order valence-corrected chi connectivity index (χ0v) is 18.3. The summed E-state index contributed by atoms with van der Waals surface area (Å²) in [6.07, 6.45) is 0.871. The van der Waals surface area contributed by atoms with E-state index in [1.807, 2.05) is 18.2 Å². The van der Waals surface area contributed by atoms with Gasteiger partial charge in [-0.2, -0.15) is 0 Å². The summed E-state index contributed by atoms with van der Waals surface area (Å²) < 4.78 is 23.6. The molecule has 7 heteroatoms. The summed E-state index contributed by atoms with van der Waals surface area (Å²) in [5.41, 5.74) is 1.17. The first-order valence-corrected chi connectivity index (χ1v) is 10.8. The molecule has 0 aliphatic heterocycles. The second kappa shape index (κ2) is 9.09. The Labute approximate surface area is 163 Å². The third kappa shape index (κ3) is 7.54. The third-order valence-electron chi connectivity index (χ3n) is 4.13. The van der Waals surface area contributed by atoms with Gasteiger partial charge in [0.25, 0.3) is 0 Å². The lowest BCUT2D eigenvalue weighted by Crippen LogP contribution is -2.45. The van der Waals surface area contributed by atoms with Gasteiger partial charge in [-0.3, -0.25) is 4.99 Å². The Bertz CT molecular complexity index is 723. The van der Waals surface area contributed by atoms with Crippen LogP contribution in [0.1, 0.15) is 40.2 Å². The minimum atomic E-state index is -3.15. The molecule has 2 N–H and O–H groups in total. The number of hydrogen-bond donors (Lipinski definition) is 2. The molecule has 1 aromatic rings. The molecule has 1 aromatic carbocycles. The van der Waals surface area contributed by atoms with E-state index < -0.39 is 14.6 Å². The highest BCUT2D eigenvalue weighted by Crippen LogP contribution is 2.22. The molecule has 0 saturated carbocycles. The van der Waals surface area contributed by atoms with Crippen LogP contribution in [0.5, 0.6) is 0 Å². The average Bonchev–Trinajstić information content (AvgIpc) is 2.49. The number of halogens is 1. The topological polar surface area (TPSA) is 70.6 Å². The molecule has 148 valence electrons. The van der Waals surface area contributed by atoms with E-state index >= 15 is 0 Å². The zero-order chi connectivity index (χ0) is 20.0. The quantitative estimate of drug-likeness (QED) is 0.543. The van der Waals surface area contributed by atoms with Gasteiger partial charge in [0, 0.05) is 25.2 Å². The first kappa shape index (κ1) is 22.8. The molecule has 0 atom stereocenters. The maximum Gasteiger partial charge on any atom is 0.191 e. The van der Waals surface area contributed by atoms with Crippen LogP contribution in [0.25, 0.3) is 0 Å². The second-order valence-electron chi connectivity index (χ2n) is 8.25. The van der Waals surface area contributed by atoms with Gasteiger partial charge in [0.2, 0.25) is 0 Å². The van der Waals surface area contributed by atoms with Crippen LogP contribution in [-0.4, -0.2) is 45.0 Å². The molecule has 0 bridgehead atoms. The molecule has 1 rings (SSSR count). The van der Waals surface area contributed by atoms with E-state index in [1.54, 1.807) is 27.8 Å². The van der Waals surface area contributed by atoms with Crippen molar-refractivity contribution in [1.82, 2.24) is 10.6 Å². The van der Waals surface area contributed by atoms with Crippen molar-refractivity contribution >= 4 is 27.4 Å². The summed E-state index contributed by atoms with van der Waals surface area (Å²) in [6.45, 7) is 10.5. The van der Waals surface area contributed by atoms with E-state index in [4.69, 9.17) is 11.6 Å². The predicted molar refractivity (Wildman–Crippen MR) is 112 cm³/mol. The summed E-state index contributed by atoms with van der Waals surface area (Å²) in [7, 11) is -1.47. The summed E-state index contributed by atoms with van der Waals surface area (Å²) >= 11 is 6.06. The maximum absolute atomic E-state index is 12.2. The highest BCUT2D eigenvalue weighted by Gasteiger charge is 2.28. The molecule has 0 amide bonds. The maximum atomic E-state index is 12.2. The van der Waals surface area contributed by atoms with Crippen molar-refractivity contribution in [2.24, 2.45) is 10.4 Å². The Hall–Kier alpha value is -1.27. The largest absolute Gasteiger partial charge is 0.356 e. The standard InChI is InChI=1S/C19H32ClN3O2S/c1-18(2,3)26(24,25)11-10-22-17(21-6)23-14-19(4,5)13-15-8-7-9-16(20)12-15/h7-9,12H,10-11,13-14H2,1-6H3,(H2,21,22,23). The third-order valence-corrected chi connectivity index (χ3v) is 6.97. The van der Waals surface area contributed by atoms with Crippen molar-refractivity contribution < 1.29 is 8.42 Å². The number of aliphatic imine (C=N–C) groups is 1. The van der Waals surface area contributed by atoms with E-state index in [-0.39, 0.29) is 11.2 Å². The molecule has 0 aliphatic carbocycles. The minimum absolute atomic E-state index is 0.0141. The van der Waals surface area contributed by atoms with Crippen molar-refractivity contribution in [3.8, 4) is 0 Å². The number of benzene rings is 1. The van der Waals surface area contributed by atoms with Gasteiger partial charge in [0.05, 0.1) is 10.5 Å². The normalized spacial score (nSPS) is 13.6. The summed E-state index contributed by atoms with van der Waals surface area (Å²) in [6, 6.07) is 7.87. The Morgan fingerprint density at radius 1 is 1.15 bits per heavy atom. The lowest BCUT2D eigenvalue weighted by Gasteiger charge is -2.26. The van der Waals surface area contributed by atoms with E-state index in [9.17, 15) is 8.42 Å². The van der Waals surface area contributed by atoms with Crippen molar-refractivity contribution in [2.75, 3.05) is 25.9 Å². The molecule has 0 unspecified atom stereocenters. The lowest BCUT2D eigenvalue weighted by atomic mass is 9.86. The monoisotopic (exact) mass is 401 g/mol. The average molecular weight is 402 g/mol. The molecule has 0 aliphatic rings. The smallest absolute Gasteiger partial charge is 0.191 e. The van der Waals surface area contributed by atoms with Crippen LogP contribution in [0.4, 0.5) is 0 Å². The lowest BCUT2D eigenvalue weighted by molar-refractivity contribution is 0.359. The van der Waals surface area contributed by atoms with Crippen molar-refractivity contribution in [3.05, 3.63) is 34.9 Å². The van der Waals surface area contributed by atoms with Crippen molar-refractivity contribution in [2.45, 2.75) is 45.8 Å². The van der Waals surface area contributed by atoms with E-state index in [0.29, 0.717) is 19.0 Å². The van der Waals surface area contributed by atoms with Gasteiger partial charge in [-0.25, -0.2) is 8.42 Å². The van der Waals surface area contributed by atoms with Crippen LogP contribution in [0.15, 0.2) is 29.3 Å². The fourth-order valence-electron chi connectivity index (χ4n) is 2.42. The van der Waals surface area contributed by atoms with E-state index in [0.717, 1.165) is 11.4 Å². The van der Waals surface area contributed by atoms with Crippen molar-refractivity contribution in [3.63, 3.8) is 0 Å². The second-order valence-corrected chi connectivity index (χ2v) is 11.6. The summed E-state index contributed by atoms with van der Waals surface area (Å²) in [5, 5.41) is 7.10. The van der Waals surface area contributed by atoms with Crippen LogP contribution in [0, 0.1) is 5.41 Å². The summed E-state index contributed by atoms with van der Waals surface area (Å²) in [4.78, 5) is 4.17. The van der Waals surface area contributed by atoms with Crippen LogP contribution in [0.2, 0.25) is 5.02 Å². The number of nitrogens with zero attached hydrogens (tertiary/aromatic N) is 1. The molecule has 0 spiro atoms. The van der Waals surface area contributed by atoms with Crippen LogP contribution in [0.3, 0.4) is 0 Å². The predicted octanol–water partition coefficient (Wildman–Crippen LogP) is 3.29. The number of nitrogens with one attached hydrogen (secondary N) is 2. The highest BCUT2D eigenvalue weighted by atomic mass is 35.5. The SMILES string of the molecule is CN=C(NCCS(=O)(=O)C(C)(C)C)NCC(C)(C)Cc1cccc(Cl)c1. The van der Waals surface area contributed by atoms with Gasteiger partial charge in [0.15, 0.2) is 15.8 Å². The van der Waals surface area contributed by atoms with Crippen LogP contribution < -0.4 is 10.6 Å². The number of sulfone groups is 1. The van der Waals surface area contributed by atoms with Gasteiger partial charge in [0.1, 0.15) is 0 Å². The van der Waals surface area contributed by atoms with E-state index in [1.165, 1.54) is 5.56 Å². The Morgan fingerprint density at radius 2 is 1.81 bits per heavy atom. The Morgan fingerprint density at radius 3 is 2.35 bits per heavy atom.